The number of carbonyl (C=O) groups is 1. The Morgan fingerprint density at radius 2 is 1.81 bits per heavy atom. The van der Waals surface area contributed by atoms with Crippen molar-refractivity contribution in [3.63, 3.8) is 0 Å². The van der Waals surface area contributed by atoms with Crippen molar-refractivity contribution >= 4 is 11.6 Å². The van der Waals surface area contributed by atoms with Gasteiger partial charge >= 0.3 is 0 Å². The molecular formula is C27H32F4N4O2. The fourth-order valence-corrected chi connectivity index (χ4v) is 6.08. The van der Waals surface area contributed by atoms with Crippen LogP contribution in [-0.4, -0.2) is 48.2 Å². The highest BCUT2D eigenvalue weighted by atomic mass is 19.3. The lowest BCUT2D eigenvalue weighted by molar-refractivity contribution is 0.0938. The number of hydrogen-bond donors (Lipinski definition) is 2. The largest absolute Gasteiger partial charge is 0.381 e. The van der Waals surface area contributed by atoms with Crippen LogP contribution >= 0.6 is 0 Å². The number of fused-ring (bicyclic) bond motifs is 2. The van der Waals surface area contributed by atoms with Crippen LogP contribution in [0.5, 0.6) is 0 Å². The van der Waals surface area contributed by atoms with Crippen LogP contribution in [0.2, 0.25) is 0 Å². The molecule has 2 bridgehead atoms. The fraction of sp³-hybridized carbons (Fsp3) is 0.556. The Hall–Kier alpha value is -2.88. The summed E-state index contributed by atoms with van der Waals surface area (Å²) in [6.45, 7) is 2.61. The zero-order chi connectivity index (χ0) is 26.5. The molecule has 0 radical (unpaired) electrons. The lowest BCUT2D eigenvalue weighted by atomic mass is 9.92. The van der Waals surface area contributed by atoms with E-state index in [9.17, 15) is 27.2 Å². The number of piperidine rings is 1. The monoisotopic (exact) mass is 520 g/mol. The van der Waals surface area contributed by atoms with Crippen LogP contribution in [0.3, 0.4) is 0 Å². The summed E-state index contributed by atoms with van der Waals surface area (Å²) in [7, 11) is 2.08. The SMILES string of the molecule is CC(NC(=O)c1cn(C2(CF)CC2)c(=O)cc1N[C@H]1[C@@H]2CC[C@H]1CN(C)C2)c1cccc(C(F)F)c1F. The number of alkyl halides is 3. The number of nitrogens with zero attached hydrogens (tertiary/aromatic N) is 2. The van der Waals surface area contributed by atoms with Gasteiger partial charge < -0.3 is 20.1 Å². The molecule has 0 spiro atoms. The smallest absolute Gasteiger partial charge is 0.266 e. The minimum Gasteiger partial charge on any atom is -0.381 e. The molecule has 6 nitrogen and oxygen atoms in total. The number of halogens is 4. The zero-order valence-electron chi connectivity index (χ0n) is 20.9. The Bertz CT molecular complexity index is 1230. The van der Waals surface area contributed by atoms with E-state index in [1.54, 1.807) is 0 Å². The second kappa shape index (κ2) is 9.78. The van der Waals surface area contributed by atoms with E-state index in [-0.39, 0.29) is 17.2 Å². The van der Waals surface area contributed by atoms with E-state index in [1.165, 1.54) is 35.9 Å². The molecule has 1 aromatic carbocycles. The van der Waals surface area contributed by atoms with Gasteiger partial charge in [0, 0.05) is 37.0 Å². The quantitative estimate of drug-likeness (QED) is 0.499. The number of anilines is 1. The van der Waals surface area contributed by atoms with E-state index < -0.39 is 47.5 Å². The molecule has 2 N–H and O–H groups in total. The molecule has 1 aliphatic heterocycles. The number of pyridine rings is 1. The average molecular weight is 521 g/mol. The first kappa shape index (κ1) is 25.8. The lowest BCUT2D eigenvalue weighted by Gasteiger charge is -2.37. The molecule has 1 saturated heterocycles. The van der Waals surface area contributed by atoms with Crippen molar-refractivity contribution in [3.05, 3.63) is 63.3 Å². The number of benzene rings is 1. The van der Waals surface area contributed by atoms with Crippen molar-refractivity contribution in [2.75, 3.05) is 32.1 Å². The van der Waals surface area contributed by atoms with Gasteiger partial charge in [-0.3, -0.25) is 9.59 Å². The molecule has 10 heteroatoms. The maximum Gasteiger partial charge on any atom is 0.266 e. The van der Waals surface area contributed by atoms with Crippen molar-refractivity contribution in [3.8, 4) is 0 Å². The van der Waals surface area contributed by atoms with Gasteiger partial charge in [0.2, 0.25) is 0 Å². The van der Waals surface area contributed by atoms with Gasteiger partial charge in [-0.2, -0.15) is 0 Å². The highest BCUT2D eigenvalue weighted by Gasteiger charge is 2.46. The molecule has 2 aliphatic carbocycles. The summed E-state index contributed by atoms with van der Waals surface area (Å²) >= 11 is 0. The Kier molecular flexibility index (Phi) is 6.81. The summed E-state index contributed by atoms with van der Waals surface area (Å²) in [5.41, 5.74) is -1.63. The summed E-state index contributed by atoms with van der Waals surface area (Å²) in [4.78, 5) is 28.8. The Labute approximate surface area is 213 Å². The fourth-order valence-electron chi connectivity index (χ4n) is 6.08. The Balaban J connectivity index is 1.47. The molecule has 1 aromatic heterocycles. The molecule has 2 saturated carbocycles. The normalized spacial score (nSPS) is 25.2. The molecule has 2 heterocycles. The van der Waals surface area contributed by atoms with Crippen molar-refractivity contribution in [2.45, 2.75) is 56.7 Å². The Morgan fingerprint density at radius 3 is 2.41 bits per heavy atom. The van der Waals surface area contributed by atoms with Gasteiger partial charge in [0.25, 0.3) is 17.9 Å². The van der Waals surface area contributed by atoms with Crippen LogP contribution < -0.4 is 16.2 Å². The van der Waals surface area contributed by atoms with Crippen LogP contribution in [0.4, 0.5) is 23.2 Å². The molecular weight excluding hydrogens is 488 g/mol. The first-order valence-electron chi connectivity index (χ1n) is 12.8. The predicted molar refractivity (Wildman–Crippen MR) is 132 cm³/mol. The van der Waals surface area contributed by atoms with E-state index in [4.69, 9.17) is 0 Å². The van der Waals surface area contributed by atoms with Gasteiger partial charge in [-0.15, -0.1) is 0 Å². The van der Waals surface area contributed by atoms with Crippen molar-refractivity contribution in [1.29, 1.82) is 0 Å². The third-order valence-corrected chi connectivity index (χ3v) is 8.33. The maximum atomic E-state index is 14.7. The van der Waals surface area contributed by atoms with Crippen LogP contribution in [0.1, 0.15) is 66.6 Å². The molecule has 2 aromatic rings. The number of nitrogens with one attached hydrogen (secondary N) is 2. The summed E-state index contributed by atoms with van der Waals surface area (Å²) in [5, 5.41) is 6.15. The summed E-state index contributed by atoms with van der Waals surface area (Å²) in [5.74, 6) is -0.924. The second-order valence-corrected chi connectivity index (χ2v) is 10.9. The standard InChI is InChI=1S/C27H32F4N4O2/c1-15(18-4-3-5-19(23(18)29)25(30)31)32-26(37)20-13-35(27(14-28)8-9-27)22(36)10-21(20)33-24-16-6-7-17(24)12-34(2)11-16/h3-5,10,13,15-17,24-25,33H,6-9,11-12,14H2,1-2H3,(H,32,37)/t15?,16-,17+,24+. The third-order valence-electron chi connectivity index (χ3n) is 8.33. The van der Waals surface area contributed by atoms with Gasteiger partial charge in [0.05, 0.1) is 28.4 Å². The number of aromatic nitrogens is 1. The number of amides is 1. The van der Waals surface area contributed by atoms with E-state index in [1.807, 2.05) is 0 Å². The van der Waals surface area contributed by atoms with E-state index in [0.717, 1.165) is 32.0 Å². The molecule has 3 aliphatic rings. The summed E-state index contributed by atoms with van der Waals surface area (Å²) in [6, 6.07) is 4.21. The molecule has 200 valence electrons. The number of carbonyl (C=O) groups excluding carboxylic acids is 1. The third kappa shape index (κ3) is 4.76. The van der Waals surface area contributed by atoms with Crippen LogP contribution in [-0.2, 0) is 5.54 Å². The first-order chi connectivity index (χ1) is 17.6. The van der Waals surface area contributed by atoms with Crippen LogP contribution in [0.15, 0.2) is 35.3 Å². The highest BCUT2D eigenvalue weighted by Crippen LogP contribution is 2.44. The first-order valence-corrected chi connectivity index (χ1v) is 12.8. The van der Waals surface area contributed by atoms with Crippen molar-refractivity contribution in [1.82, 2.24) is 14.8 Å². The van der Waals surface area contributed by atoms with E-state index in [2.05, 4.69) is 22.6 Å². The Morgan fingerprint density at radius 1 is 1.16 bits per heavy atom. The molecule has 37 heavy (non-hydrogen) atoms. The lowest BCUT2D eigenvalue weighted by Crippen LogP contribution is -2.47. The average Bonchev–Trinajstić information content (AvgIpc) is 3.60. The number of rotatable bonds is 8. The number of likely N-dealkylation sites (tertiary alicyclic amines) is 1. The molecule has 1 unspecified atom stereocenters. The van der Waals surface area contributed by atoms with Crippen molar-refractivity contribution < 1.29 is 22.4 Å². The molecule has 4 atom stereocenters. The molecule has 5 rings (SSSR count). The molecule has 1 amide bonds. The molecule has 3 fully saturated rings. The van der Waals surface area contributed by atoms with Gasteiger partial charge in [-0.25, -0.2) is 17.6 Å². The van der Waals surface area contributed by atoms with Gasteiger partial charge in [0.1, 0.15) is 12.5 Å². The van der Waals surface area contributed by atoms with E-state index >= 15 is 0 Å². The topological polar surface area (TPSA) is 66.4 Å². The maximum absolute atomic E-state index is 14.7. The second-order valence-electron chi connectivity index (χ2n) is 10.9. The zero-order valence-corrected chi connectivity index (χ0v) is 20.9. The summed E-state index contributed by atoms with van der Waals surface area (Å²) in [6.07, 6.45) is 1.50. The van der Waals surface area contributed by atoms with Crippen LogP contribution in [0, 0.1) is 17.7 Å². The summed E-state index contributed by atoms with van der Waals surface area (Å²) < 4.78 is 56.3. The van der Waals surface area contributed by atoms with Gasteiger partial charge in [-0.05, 0) is 51.5 Å². The minimum atomic E-state index is -2.98. The minimum absolute atomic E-state index is 0.0650. The van der Waals surface area contributed by atoms with Gasteiger partial charge in [-0.1, -0.05) is 18.2 Å². The highest BCUT2D eigenvalue weighted by molar-refractivity contribution is 5.99. The van der Waals surface area contributed by atoms with Crippen molar-refractivity contribution in [2.24, 2.45) is 11.8 Å². The van der Waals surface area contributed by atoms with Gasteiger partial charge in [0.15, 0.2) is 0 Å². The van der Waals surface area contributed by atoms with E-state index in [0.29, 0.717) is 30.4 Å². The predicted octanol–water partition coefficient (Wildman–Crippen LogP) is 4.63. The number of hydrogen-bond acceptors (Lipinski definition) is 4. The van der Waals surface area contributed by atoms with Crippen LogP contribution in [0.25, 0.3) is 0 Å².